The summed E-state index contributed by atoms with van der Waals surface area (Å²) < 4.78 is 0. The van der Waals surface area contributed by atoms with Crippen molar-refractivity contribution >= 4 is 22.1 Å². The average Bonchev–Trinajstić information content (AvgIpc) is 3.01. The first-order chi connectivity index (χ1) is 10.4. The second-order valence-corrected chi connectivity index (χ2v) is 5.98. The van der Waals surface area contributed by atoms with E-state index < -0.39 is 0 Å². The lowest BCUT2D eigenvalue weighted by molar-refractivity contribution is 0.185. The van der Waals surface area contributed by atoms with Gasteiger partial charge in [-0.05, 0) is 38.7 Å². The van der Waals surface area contributed by atoms with Crippen LogP contribution in [0.2, 0.25) is 0 Å². The Balaban J connectivity index is 1.83. The van der Waals surface area contributed by atoms with Crippen molar-refractivity contribution in [2.45, 2.75) is 13.1 Å². The third kappa shape index (κ3) is 3.50. The first-order valence-corrected chi connectivity index (χ1v) is 8.12. The molecule has 0 bridgehead atoms. The molecule has 108 valence electrons. The number of hydrogen-bond acceptors (Lipinski definition) is 3. The average molecular weight is 297 g/mol. The van der Waals surface area contributed by atoms with Crippen LogP contribution in [-0.4, -0.2) is 23.2 Å². The van der Waals surface area contributed by atoms with Crippen molar-refractivity contribution in [1.29, 1.82) is 0 Å². The summed E-state index contributed by atoms with van der Waals surface area (Å²) in [6.07, 6.45) is 0. The van der Waals surface area contributed by atoms with E-state index in [1.807, 2.05) is 0 Å². The van der Waals surface area contributed by atoms with E-state index in [4.69, 9.17) is 0 Å². The van der Waals surface area contributed by atoms with Gasteiger partial charge in [0.1, 0.15) is 0 Å². The number of thiophene rings is 1. The Morgan fingerprint density at radius 2 is 1.81 bits per heavy atom. The van der Waals surface area contributed by atoms with Crippen molar-refractivity contribution in [1.82, 2.24) is 4.90 Å². The number of hydrogen-bond donors (Lipinski definition) is 1. The minimum Gasteiger partial charge on any atom is -0.395 e. The molecule has 3 heteroatoms. The highest BCUT2D eigenvalue weighted by Gasteiger charge is 2.09. The maximum Gasteiger partial charge on any atom is 0.0558 e. The first-order valence-electron chi connectivity index (χ1n) is 7.18. The highest BCUT2D eigenvalue weighted by atomic mass is 32.1. The quantitative estimate of drug-likeness (QED) is 0.746. The molecule has 1 heterocycles. The van der Waals surface area contributed by atoms with Gasteiger partial charge in [0.2, 0.25) is 0 Å². The lowest BCUT2D eigenvalue weighted by Crippen LogP contribution is -2.25. The molecule has 0 saturated carbocycles. The Morgan fingerprint density at radius 1 is 0.952 bits per heavy atom. The summed E-state index contributed by atoms with van der Waals surface area (Å²) in [6.45, 7) is 2.62. The number of aliphatic hydroxyl groups is 1. The zero-order valence-corrected chi connectivity index (χ0v) is 12.7. The van der Waals surface area contributed by atoms with Crippen molar-refractivity contribution in [2.24, 2.45) is 0 Å². The summed E-state index contributed by atoms with van der Waals surface area (Å²) in [4.78, 5) is 2.30. The zero-order valence-electron chi connectivity index (χ0n) is 11.9. The topological polar surface area (TPSA) is 23.5 Å². The van der Waals surface area contributed by atoms with Crippen LogP contribution in [0.15, 0.2) is 59.3 Å². The molecule has 0 saturated heterocycles. The van der Waals surface area contributed by atoms with Crippen LogP contribution in [0.3, 0.4) is 0 Å². The third-order valence-corrected chi connectivity index (χ3v) is 4.41. The van der Waals surface area contributed by atoms with Gasteiger partial charge in [-0.15, -0.1) is 0 Å². The van der Waals surface area contributed by atoms with E-state index in [0.29, 0.717) is 6.54 Å². The minimum atomic E-state index is 0.189. The lowest BCUT2D eigenvalue weighted by atomic mass is 10.0. The Bertz CT molecular complexity index is 688. The van der Waals surface area contributed by atoms with E-state index in [1.165, 1.54) is 21.9 Å². The lowest BCUT2D eigenvalue weighted by Gasteiger charge is -2.21. The van der Waals surface area contributed by atoms with Crippen LogP contribution in [0.1, 0.15) is 11.1 Å². The van der Waals surface area contributed by atoms with Gasteiger partial charge in [0.05, 0.1) is 6.61 Å². The van der Waals surface area contributed by atoms with Crippen LogP contribution in [0.4, 0.5) is 0 Å². The van der Waals surface area contributed by atoms with Gasteiger partial charge < -0.3 is 5.11 Å². The van der Waals surface area contributed by atoms with Gasteiger partial charge in [-0.25, -0.2) is 0 Å². The monoisotopic (exact) mass is 297 g/mol. The van der Waals surface area contributed by atoms with Crippen molar-refractivity contribution in [3.63, 3.8) is 0 Å². The molecule has 0 fully saturated rings. The molecule has 2 nitrogen and oxygen atoms in total. The Morgan fingerprint density at radius 3 is 2.62 bits per heavy atom. The Kier molecular flexibility index (Phi) is 4.65. The third-order valence-electron chi connectivity index (χ3n) is 3.68. The van der Waals surface area contributed by atoms with E-state index in [-0.39, 0.29) is 6.61 Å². The van der Waals surface area contributed by atoms with Gasteiger partial charge in [0.25, 0.3) is 0 Å². The maximum absolute atomic E-state index is 9.32. The molecule has 0 aliphatic heterocycles. The van der Waals surface area contributed by atoms with E-state index in [0.717, 1.165) is 13.1 Å². The standard InChI is InChI=1S/C18H19NOS/c20-10-9-19(12-15-8-11-21-14-15)13-17-6-3-5-16-4-1-2-7-18(16)17/h1-8,11,14,20H,9-10,12-13H2. The second kappa shape index (κ2) is 6.85. The van der Waals surface area contributed by atoms with Crippen LogP contribution in [-0.2, 0) is 13.1 Å². The summed E-state index contributed by atoms with van der Waals surface area (Å²) in [6, 6.07) is 17.1. The molecule has 21 heavy (non-hydrogen) atoms. The van der Waals surface area contributed by atoms with Gasteiger partial charge in [0.15, 0.2) is 0 Å². The molecule has 0 unspecified atom stereocenters. The highest BCUT2D eigenvalue weighted by molar-refractivity contribution is 7.07. The van der Waals surface area contributed by atoms with Crippen molar-refractivity contribution in [3.05, 3.63) is 70.4 Å². The smallest absolute Gasteiger partial charge is 0.0558 e. The van der Waals surface area contributed by atoms with Crippen molar-refractivity contribution in [3.8, 4) is 0 Å². The van der Waals surface area contributed by atoms with Gasteiger partial charge >= 0.3 is 0 Å². The molecule has 3 rings (SSSR count). The molecule has 1 N–H and O–H groups in total. The van der Waals surface area contributed by atoms with Crippen molar-refractivity contribution in [2.75, 3.05) is 13.2 Å². The molecule has 0 spiro atoms. The molecule has 0 aliphatic rings. The Labute approximate surface area is 129 Å². The largest absolute Gasteiger partial charge is 0.395 e. The van der Waals surface area contributed by atoms with Crippen LogP contribution in [0.25, 0.3) is 10.8 Å². The number of fused-ring (bicyclic) bond motifs is 1. The zero-order chi connectivity index (χ0) is 14.5. The Hall–Kier alpha value is -1.68. The molecular formula is C18H19NOS. The van der Waals surface area contributed by atoms with E-state index in [1.54, 1.807) is 11.3 Å². The number of aliphatic hydroxyl groups excluding tert-OH is 1. The fraction of sp³-hybridized carbons (Fsp3) is 0.222. The SMILES string of the molecule is OCCN(Cc1ccsc1)Cc1cccc2ccccc12. The highest BCUT2D eigenvalue weighted by Crippen LogP contribution is 2.21. The molecule has 2 aromatic carbocycles. The summed E-state index contributed by atoms with van der Waals surface area (Å²) in [7, 11) is 0. The summed E-state index contributed by atoms with van der Waals surface area (Å²) in [5.41, 5.74) is 2.63. The van der Waals surface area contributed by atoms with E-state index in [9.17, 15) is 5.11 Å². The molecule has 3 aromatic rings. The molecular weight excluding hydrogens is 278 g/mol. The molecule has 0 atom stereocenters. The van der Waals surface area contributed by atoms with Gasteiger partial charge in [0, 0.05) is 19.6 Å². The van der Waals surface area contributed by atoms with Crippen molar-refractivity contribution < 1.29 is 5.11 Å². The van der Waals surface area contributed by atoms with Gasteiger partial charge in [-0.3, -0.25) is 4.90 Å². The molecule has 0 radical (unpaired) electrons. The van der Waals surface area contributed by atoms with Crippen LogP contribution >= 0.6 is 11.3 Å². The summed E-state index contributed by atoms with van der Waals surface area (Å²) in [5.74, 6) is 0. The minimum absolute atomic E-state index is 0.189. The van der Waals surface area contributed by atoms with E-state index in [2.05, 4.69) is 64.2 Å². The molecule has 0 aliphatic carbocycles. The maximum atomic E-state index is 9.32. The predicted molar refractivity (Wildman–Crippen MR) is 89.5 cm³/mol. The summed E-state index contributed by atoms with van der Waals surface area (Å²) >= 11 is 1.72. The number of nitrogens with zero attached hydrogens (tertiary/aromatic N) is 1. The second-order valence-electron chi connectivity index (χ2n) is 5.20. The van der Waals surface area contributed by atoms with Crippen LogP contribution < -0.4 is 0 Å². The molecule has 1 aromatic heterocycles. The predicted octanol–water partition coefficient (Wildman–Crippen LogP) is 3.90. The van der Waals surface area contributed by atoms with Gasteiger partial charge in [-0.2, -0.15) is 11.3 Å². The number of benzene rings is 2. The normalized spacial score (nSPS) is 11.3. The van der Waals surface area contributed by atoms with Crippen LogP contribution in [0.5, 0.6) is 0 Å². The fourth-order valence-corrected chi connectivity index (χ4v) is 3.33. The molecule has 0 amide bonds. The fourth-order valence-electron chi connectivity index (χ4n) is 2.67. The van der Waals surface area contributed by atoms with Gasteiger partial charge in [-0.1, -0.05) is 42.5 Å². The van der Waals surface area contributed by atoms with Crippen LogP contribution in [0, 0.1) is 0 Å². The summed E-state index contributed by atoms with van der Waals surface area (Å²) in [5, 5.41) is 16.2. The number of rotatable bonds is 6. The first kappa shape index (κ1) is 14.3. The van der Waals surface area contributed by atoms with E-state index >= 15 is 0 Å².